The molecule has 0 radical (unpaired) electrons. The third kappa shape index (κ3) is 7.33. The third-order valence-electron chi connectivity index (χ3n) is 2.66. The molecule has 0 bridgehead atoms. The Bertz CT molecular complexity index is 402. The molecule has 1 N–H and O–H groups in total. The largest absolute Gasteiger partial charge is 0.490 e. The second-order valence-electron chi connectivity index (χ2n) is 5.82. The Morgan fingerprint density at radius 3 is 2.53 bits per heavy atom. The SMILES string of the molecule is CC(CCCNC(C)(C)C)Oc1ccc(Br)cc1Br. The summed E-state index contributed by atoms with van der Waals surface area (Å²) in [5.74, 6) is 0.902. The summed E-state index contributed by atoms with van der Waals surface area (Å²) in [5, 5.41) is 3.49. The second-order valence-corrected chi connectivity index (χ2v) is 7.59. The quantitative estimate of drug-likeness (QED) is 0.676. The van der Waals surface area contributed by atoms with Crippen LogP contribution in [0, 0.1) is 0 Å². The number of hydrogen-bond donors (Lipinski definition) is 1. The number of hydrogen-bond acceptors (Lipinski definition) is 2. The number of nitrogens with one attached hydrogen (secondary N) is 1. The highest BCUT2D eigenvalue weighted by atomic mass is 79.9. The lowest BCUT2D eigenvalue weighted by Crippen LogP contribution is -2.36. The monoisotopic (exact) mass is 391 g/mol. The van der Waals surface area contributed by atoms with Crippen molar-refractivity contribution in [1.29, 1.82) is 0 Å². The molecule has 19 heavy (non-hydrogen) atoms. The Kier molecular flexibility index (Phi) is 6.84. The van der Waals surface area contributed by atoms with E-state index < -0.39 is 0 Å². The highest BCUT2D eigenvalue weighted by molar-refractivity contribution is 9.11. The van der Waals surface area contributed by atoms with Gasteiger partial charge in [0.25, 0.3) is 0 Å². The summed E-state index contributed by atoms with van der Waals surface area (Å²) >= 11 is 6.95. The summed E-state index contributed by atoms with van der Waals surface area (Å²) in [4.78, 5) is 0. The van der Waals surface area contributed by atoms with Crippen molar-refractivity contribution < 1.29 is 4.74 Å². The van der Waals surface area contributed by atoms with Crippen LogP contribution in [-0.4, -0.2) is 18.2 Å². The minimum atomic E-state index is 0.193. The maximum absolute atomic E-state index is 5.94. The molecule has 0 spiro atoms. The normalized spacial score (nSPS) is 13.4. The van der Waals surface area contributed by atoms with Crippen LogP contribution < -0.4 is 10.1 Å². The maximum atomic E-state index is 5.94. The summed E-state index contributed by atoms with van der Waals surface area (Å²) in [6.45, 7) is 9.70. The summed E-state index contributed by atoms with van der Waals surface area (Å²) in [5.41, 5.74) is 0.193. The molecule has 0 aliphatic carbocycles. The summed E-state index contributed by atoms with van der Waals surface area (Å²) in [7, 11) is 0. The fourth-order valence-corrected chi connectivity index (χ4v) is 2.84. The Hall–Kier alpha value is -0.0600. The van der Waals surface area contributed by atoms with Gasteiger partial charge in [-0.05, 0) is 81.2 Å². The molecule has 0 aliphatic heterocycles. The van der Waals surface area contributed by atoms with Crippen molar-refractivity contribution >= 4 is 31.9 Å². The lowest BCUT2D eigenvalue weighted by molar-refractivity contribution is 0.204. The molecule has 0 saturated carbocycles. The van der Waals surface area contributed by atoms with Gasteiger partial charge in [0.15, 0.2) is 0 Å². The average molecular weight is 393 g/mol. The zero-order chi connectivity index (χ0) is 14.5. The summed E-state index contributed by atoms with van der Waals surface area (Å²) in [6, 6.07) is 5.98. The molecule has 0 amide bonds. The molecule has 0 aliphatic rings. The first kappa shape index (κ1) is 17.0. The highest BCUT2D eigenvalue weighted by Gasteiger charge is 2.10. The molecule has 1 unspecified atom stereocenters. The van der Waals surface area contributed by atoms with Crippen LogP contribution in [-0.2, 0) is 0 Å². The number of ether oxygens (including phenoxy) is 1. The van der Waals surface area contributed by atoms with Crippen molar-refractivity contribution in [3.05, 3.63) is 27.1 Å². The zero-order valence-electron chi connectivity index (χ0n) is 12.1. The highest BCUT2D eigenvalue weighted by Crippen LogP contribution is 2.29. The molecule has 0 aromatic heterocycles. The van der Waals surface area contributed by atoms with E-state index in [4.69, 9.17) is 4.74 Å². The average Bonchev–Trinajstić information content (AvgIpc) is 2.27. The van der Waals surface area contributed by atoms with Gasteiger partial charge in [-0.1, -0.05) is 15.9 Å². The fraction of sp³-hybridized carbons (Fsp3) is 0.600. The molecular weight excluding hydrogens is 370 g/mol. The minimum absolute atomic E-state index is 0.193. The first-order chi connectivity index (χ1) is 8.78. The topological polar surface area (TPSA) is 21.3 Å². The molecule has 0 heterocycles. The Balaban J connectivity index is 2.33. The number of benzene rings is 1. The van der Waals surface area contributed by atoms with Gasteiger partial charge in [-0.2, -0.15) is 0 Å². The van der Waals surface area contributed by atoms with Gasteiger partial charge in [-0.3, -0.25) is 0 Å². The van der Waals surface area contributed by atoms with Gasteiger partial charge in [0.2, 0.25) is 0 Å². The fourth-order valence-electron chi connectivity index (χ4n) is 1.70. The smallest absolute Gasteiger partial charge is 0.133 e. The Morgan fingerprint density at radius 2 is 1.95 bits per heavy atom. The van der Waals surface area contributed by atoms with Crippen molar-refractivity contribution in [1.82, 2.24) is 5.32 Å². The second kappa shape index (κ2) is 7.65. The molecular formula is C15H23Br2NO. The van der Waals surface area contributed by atoms with E-state index >= 15 is 0 Å². The molecule has 0 saturated heterocycles. The molecule has 1 rings (SSSR count). The number of halogens is 2. The summed E-state index contributed by atoms with van der Waals surface area (Å²) < 4.78 is 7.97. The van der Waals surface area contributed by atoms with Crippen LogP contribution in [0.1, 0.15) is 40.5 Å². The molecule has 1 aromatic rings. The Labute approximate surface area is 133 Å². The lowest BCUT2D eigenvalue weighted by Gasteiger charge is -2.21. The van der Waals surface area contributed by atoms with E-state index in [9.17, 15) is 0 Å². The van der Waals surface area contributed by atoms with Crippen LogP contribution >= 0.6 is 31.9 Å². The molecule has 0 fully saturated rings. The van der Waals surface area contributed by atoms with Crippen molar-refractivity contribution in [3.63, 3.8) is 0 Å². The zero-order valence-corrected chi connectivity index (χ0v) is 15.3. The van der Waals surface area contributed by atoms with Gasteiger partial charge < -0.3 is 10.1 Å². The molecule has 4 heteroatoms. The minimum Gasteiger partial charge on any atom is -0.490 e. The van der Waals surface area contributed by atoms with E-state index in [2.05, 4.69) is 64.9 Å². The van der Waals surface area contributed by atoms with Crippen molar-refractivity contribution in [3.8, 4) is 5.75 Å². The standard InChI is InChI=1S/C15H23Br2NO/c1-11(6-5-9-18-15(2,3)4)19-14-8-7-12(16)10-13(14)17/h7-8,10-11,18H,5-6,9H2,1-4H3. The van der Waals surface area contributed by atoms with Gasteiger partial charge in [0.05, 0.1) is 10.6 Å². The van der Waals surface area contributed by atoms with Gasteiger partial charge >= 0.3 is 0 Å². The van der Waals surface area contributed by atoms with E-state index in [-0.39, 0.29) is 11.6 Å². The van der Waals surface area contributed by atoms with Crippen molar-refractivity contribution in [2.75, 3.05) is 6.54 Å². The lowest BCUT2D eigenvalue weighted by atomic mass is 10.1. The first-order valence-corrected chi connectivity index (χ1v) is 8.23. The van der Waals surface area contributed by atoms with Crippen LogP contribution in [0.3, 0.4) is 0 Å². The van der Waals surface area contributed by atoms with E-state index in [0.717, 1.165) is 34.1 Å². The maximum Gasteiger partial charge on any atom is 0.133 e. The van der Waals surface area contributed by atoms with E-state index in [0.29, 0.717) is 0 Å². The van der Waals surface area contributed by atoms with Gasteiger partial charge in [0, 0.05) is 10.0 Å². The van der Waals surface area contributed by atoms with Gasteiger partial charge in [-0.25, -0.2) is 0 Å². The van der Waals surface area contributed by atoms with Crippen LogP contribution in [0.2, 0.25) is 0 Å². The predicted octanol–water partition coefficient (Wildman–Crippen LogP) is 5.15. The van der Waals surface area contributed by atoms with Crippen molar-refractivity contribution in [2.45, 2.75) is 52.2 Å². The summed E-state index contributed by atoms with van der Waals surface area (Å²) in [6.07, 6.45) is 2.39. The third-order valence-corrected chi connectivity index (χ3v) is 3.78. The van der Waals surface area contributed by atoms with Crippen LogP contribution in [0.15, 0.2) is 27.1 Å². The van der Waals surface area contributed by atoms with Crippen LogP contribution in [0.25, 0.3) is 0 Å². The van der Waals surface area contributed by atoms with Gasteiger partial charge in [-0.15, -0.1) is 0 Å². The van der Waals surface area contributed by atoms with Crippen LogP contribution in [0.5, 0.6) is 5.75 Å². The van der Waals surface area contributed by atoms with Gasteiger partial charge in [0.1, 0.15) is 5.75 Å². The van der Waals surface area contributed by atoms with Crippen LogP contribution in [0.4, 0.5) is 0 Å². The van der Waals surface area contributed by atoms with E-state index in [1.807, 2.05) is 18.2 Å². The molecule has 1 atom stereocenters. The van der Waals surface area contributed by atoms with Crippen molar-refractivity contribution in [2.24, 2.45) is 0 Å². The number of rotatable bonds is 6. The van der Waals surface area contributed by atoms with E-state index in [1.54, 1.807) is 0 Å². The predicted molar refractivity (Wildman–Crippen MR) is 88.9 cm³/mol. The molecule has 108 valence electrons. The van der Waals surface area contributed by atoms with E-state index in [1.165, 1.54) is 0 Å². The Morgan fingerprint density at radius 1 is 1.26 bits per heavy atom. The molecule has 2 nitrogen and oxygen atoms in total. The molecule has 1 aromatic carbocycles. The first-order valence-electron chi connectivity index (χ1n) is 6.64.